The van der Waals surface area contributed by atoms with Crippen LogP contribution in [0.1, 0.15) is 71.0 Å². The molecular formula is C38H41ClFN3O7S. The summed E-state index contributed by atoms with van der Waals surface area (Å²) < 4.78 is 60.1. The third-order valence-electron chi connectivity index (χ3n) is 9.31. The maximum atomic E-state index is 15.0. The lowest BCUT2D eigenvalue weighted by atomic mass is 9.78. The molecule has 0 spiro atoms. The number of nitrogens with one attached hydrogen (secondary N) is 1. The number of amides is 1. The average molecular weight is 738 g/mol. The maximum absolute atomic E-state index is 15.0. The van der Waals surface area contributed by atoms with Crippen LogP contribution in [0.25, 0.3) is 0 Å². The zero-order valence-corrected chi connectivity index (χ0v) is 30.3. The van der Waals surface area contributed by atoms with Gasteiger partial charge in [-0.2, -0.15) is 0 Å². The number of ether oxygens (including phenoxy) is 3. The second kappa shape index (κ2) is 16.6. The number of anilines is 1. The van der Waals surface area contributed by atoms with E-state index in [1.165, 1.54) is 50.6 Å². The SMILES string of the molecule is COc1ccc(Cl)cc1CN(c1ccccc1F)S(=O)(=O)C(C)CCOC(=O)c1ccc(C(=O)NCC2(c3ccccc3OC)CCCC2)nc1. The summed E-state index contributed by atoms with van der Waals surface area (Å²) in [5.41, 5.74) is 1.37. The minimum Gasteiger partial charge on any atom is -0.496 e. The third-order valence-corrected chi connectivity index (χ3v) is 11.7. The fourth-order valence-corrected chi connectivity index (χ4v) is 8.19. The van der Waals surface area contributed by atoms with Gasteiger partial charge < -0.3 is 19.5 Å². The Kier molecular flexibility index (Phi) is 12.2. The van der Waals surface area contributed by atoms with Crippen LogP contribution in [0.4, 0.5) is 10.1 Å². The number of para-hydroxylation sites is 2. The molecule has 0 aliphatic heterocycles. The van der Waals surface area contributed by atoms with Crippen LogP contribution in [0.3, 0.4) is 0 Å². The second-order valence-electron chi connectivity index (χ2n) is 12.5. The predicted molar refractivity (Wildman–Crippen MR) is 194 cm³/mol. The van der Waals surface area contributed by atoms with Crippen molar-refractivity contribution in [3.63, 3.8) is 0 Å². The predicted octanol–water partition coefficient (Wildman–Crippen LogP) is 7.11. The molecular weight excluding hydrogens is 697 g/mol. The lowest BCUT2D eigenvalue weighted by Gasteiger charge is -2.31. The largest absolute Gasteiger partial charge is 0.496 e. The molecule has 1 fully saturated rings. The highest BCUT2D eigenvalue weighted by atomic mass is 35.5. The number of nitrogens with zero attached hydrogens (tertiary/aromatic N) is 2. The van der Waals surface area contributed by atoms with Crippen LogP contribution in [0.5, 0.6) is 11.5 Å². The number of esters is 1. The number of hydrogen-bond donors (Lipinski definition) is 1. The molecule has 1 aliphatic rings. The van der Waals surface area contributed by atoms with Crippen LogP contribution >= 0.6 is 11.6 Å². The minimum absolute atomic E-state index is 0.0758. The number of aromatic nitrogens is 1. The van der Waals surface area contributed by atoms with Gasteiger partial charge in [-0.1, -0.05) is 54.8 Å². The molecule has 1 unspecified atom stereocenters. The van der Waals surface area contributed by atoms with Gasteiger partial charge in [-0.3, -0.25) is 14.1 Å². The molecule has 1 atom stereocenters. The van der Waals surface area contributed by atoms with Gasteiger partial charge in [-0.15, -0.1) is 0 Å². The number of carbonyl (C=O) groups is 2. The van der Waals surface area contributed by atoms with Crippen molar-refractivity contribution in [1.29, 1.82) is 0 Å². The molecule has 1 saturated carbocycles. The number of benzene rings is 3. The van der Waals surface area contributed by atoms with Crippen LogP contribution in [-0.4, -0.2) is 57.9 Å². The lowest BCUT2D eigenvalue weighted by Crippen LogP contribution is -2.39. The summed E-state index contributed by atoms with van der Waals surface area (Å²) in [5, 5.41) is 2.31. The Morgan fingerprint density at radius 2 is 1.69 bits per heavy atom. The first-order valence-electron chi connectivity index (χ1n) is 16.6. The van der Waals surface area contributed by atoms with Crippen LogP contribution < -0.4 is 19.1 Å². The number of hydrogen-bond acceptors (Lipinski definition) is 8. The van der Waals surface area contributed by atoms with Crippen molar-refractivity contribution in [2.45, 2.75) is 56.2 Å². The molecule has 1 amide bonds. The number of methoxy groups -OCH3 is 2. The molecule has 0 bridgehead atoms. The van der Waals surface area contributed by atoms with E-state index in [0.717, 1.165) is 41.3 Å². The summed E-state index contributed by atoms with van der Waals surface area (Å²) in [6.45, 7) is 1.40. The summed E-state index contributed by atoms with van der Waals surface area (Å²) in [7, 11) is -1.10. The van der Waals surface area contributed by atoms with Gasteiger partial charge in [0.2, 0.25) is 10.0 Å². The van der Waals surface area contributed by atoms with Crippen LogP contribution in [0.15, 0.2) is 85.1 Å². The third kappa shape index (κ3) is 8.62. The van der Waals surface area contributed by atoms with E-state index in [2.05, 4.69) is 10.3 Å². The molecule has 5 rings (SSSR count). The van der Waals surface area contributed by atoms with E-state index in [0.29, 0.717) is 22.9 Å². The van der Waals surface area contributed by atoms with Gasteiger partial charge in [0, 0.05) is 34.3 Å². The van der Waals surface area contributed by atoms with Gasteiger partial charge in [0.1, 0.15) is 23.0 Å². The smallest absolute Gasteiger partial charge is 0.339 e. The number of carbonyl (C=O) groups excluding carboxylic acids is 2. The Labute approximate surface area is 302 Å². The van der Waals surface area contributed by atoms with Gasteiger partial charge in [-0.05, 0) is 74.7 Å². The minimum atomic E-state index is -4.19. The standard InChI is InChI=1S/C38H41ClFN3O7S/c1-26(51(46,47)43(33-12-6-5-11-31(33)40)24-28-22-29(39)15-17-34(28)48-2)18-21-50-37(45)27-14-16-32(41-23-27)36(44)42-25-38(19-8-9-20-38)30-10-4-7-13-35(30)49-3/h4-7,10-17,22-23,26H,8-9,18-21,24-25H2,1-3H3,(H,42,44). The topological polar surface area (TPSA) is 124 Å². The zero-order chi connectivity index (χ0) is 36.6. The summed E-state index contributed by atoms with van der Waals surface area (Å²) in [4.78, 5) is 30.1. The molecule has 270 valence electrons. The van der Waals surface area contributed by atoms with E-state index in [9.17, 15) is 22.4 Å². The maximum Gasteiger partial charge on any atom is 0.339 e. The molecule has 0 radical (unpaired) electrons. The summed E-state index contributed by atoms with van der Waals surface area (Å²) in [6, 6.07) is 21.1. The Morgan fingerprint density at radius 3 is 2.37 bits per heavy atom. The van der Waals surface area contributed by atoms with Crippen molar-refractivity contribution in [3.05, 3.63) is 118 Å². The highest BCUT2D eigenvalue weighted by molar-refractivity contribution is 7.93. The number of sulfonamides is 1. The Balaban J connectivity index is 1.20. The zero-order valence-electron chi connectivity index (χ0n) is 28.7. The van der Waals surface area contributed by atoms with Crippen molar-refractivity contribution in [2.24, 2.45) is 0 Å². The van der Waals surface area contributed by atoms with Crippen molar-refractivity contribution in [3.8, 4) is 11.5 Å². The normalized spacial score (nSPS) is 14.4. The molecule has 13 heteroatoms. The molecule has 0 saturated heterocycles. The van der Waals surface area contributed by atoms with E-state index in [1.54, 1.807) is 31.4 Å². The van der Waals surface area contributed by atoms with Gasteiger partial charge in [0.25, 0.3) is 5.91 Å². The first kappa shape index (κ1) is 37.6. The fraction of sp³-hybridized carbons (Fsp3) is 0.342. The van der Waals surface area contributed by atoms with Crippen molar-refractivity contribution in [2.75, 3.05) is 31.7 Å². The molecule has 1 aliphatic carbocycles. The van der Waals surface area contributed by atoms with Gasteiger partial charge in [0.05, 0.1) is 43.9 Å². The molecule has 10 nitrogen and oxygen atoms in total. The molecule has 1 aromatic heterocycles. The van der Waals surface area contributed by atoms with Crippen molar-refractivity contribution >= 4 is 39.2 Å². The molecule has 1 heterocycles. The molecule has 3 aromatic carbocycles. The Morgan fingerprint density at radius 1 is 0.980 bits per heavy atom. The van der Waals surface area contributed by atoms with E-state index in [1.807, 2.05) is 24.3 Å². The van der Waals surface area contributed by atoms with E-state index in [-0.39, 0.29) is 47.8 Å². The van der Waals surface area contributed by atoms with Gasteiger partial charge in [0.15, 0.2) is 0 Å². The number of rotatable bonds is 15. The first-order chi connectivity index (χ1) is 24.5. The quantitative estimate of drug-likeness (QED) is 0.128. The Bertz CT molecular complexity index is 1950. The van der Waals surface area contributed by atoms with Gasteiger partial charge in [-0.25, -0.2) is 17.6 Å². The summed E-state index contributed by atoms with van der Waals surface area (Å²) in [5.74, 6) is -0.637. The van der Waals surface area contributed by atoms with E-state index in [4.69, 9.17) is 25.8 Å². The number of halogens is 2. The van der Waals surface area contributed by atoms with E-state index >= 15 is 0 Å². The van der Waals surface area contributed by atoms with Crippen LogP contribution in [0, 0.1) is 5.82 Å². The van der Waals surface area contributed by atoms with Crippen LogP contribution in [-0.2, 0) is 26.7 Å². The summed E-state index contributed by atoms with van der Waals surface area (Å²) >= 11 is 6.18. The van der Waals surface area contributed by atoms with Crippen molar-refractivity contribution in [1.82, 2.24) is 10.3 Å². The lowest BCUT2D eigenvalue weighted by molar-refractivity contribution is 0.0499. The molecule has 4 aromatic rings. The molecule has 51 heavy (non-hydrogen) atoms. The molecule has 1 N–H and O–H groups in total. The van der Waals surface area contributed by atoms with Gasteiger partial charge >= 0.3 is 5.97 Å². The monoisotopic (exact) mass is 737 g/mol. The van der Waals surface area contributed by atoms with Crippen LogP contribution in [0.2, 0.25) is 5.02 Å². The summed E-state index contributed by atoms with van der Waals surface area (Å²) in [6.07, 6.45) is 5.12. The second-order valence-corrected chi connectivity index (χ2v) is 15.2. The Hall–Kier alpha value is -4.68. The highest BCUT2D eigenvalue weighted by Gasteiger charge is 2.38. The average Bonchev–Trinajstić information content (AvgIpc) is 3.63. The van der Waals surface area contributed by atoms with E-state index < -0.39 is 27.1 Å². The number of pyridine rings is 1. The highest BCUT2D eigenvalue weighted by Crippen LogP contribution is 2.44. The fourth-order valence-electron chi connectivity index (χ4n) is 6.42. The van der Waals surface area contributed by atoms with Crippen molar-refractivity contribution < 1.29 is 36.6 Å². The first-order valence-corrected chi connectivity index (χ1v) is 18.5.